The molecule has 2 rings (SSSR count). The number of halogens is 3. The van der Waals surface area contributed by atoms with Crippen molar-refractivity contribution in [2.45, 2.75) is 39.2 Å². The minimum atomic E-state index is -4.24. The fourth-order valence-electron chi connectivity index (χ4n) is 2.34. The van der Waals surface area contributed by atoms with Crippen LogP contribution >= 0.6 is 0 Å². The molecule has 0 unspecified atom stereocenters. The fraction of sp³-hybridized carbons (Fsp3) is 0.467. The molecule has 0 aliphatic heterocycles. The van der Waals surface area contributed by atoms with Gasteiger partial charge in [-0.05, 0) is 19.9 Å². The van der Waals surface area contributed by atoms with Gasteiger partial charge in [0.2, 0.25) is 0 Å². The van der Waals surface area contributed by atoms with E-state index < -0.39 is 12.7 Å². The highest BCUT2D eigenvalue weighted by Gasteiger charge is 2.32. The monoisotopic (exact) mass is 300 g/mol. The average molecular weight is 300 g/mol. The first-order chi connectivity index (χ1) is 9.81. The summed E-state index contributed by atoms with van der Waals surface area (Å²) in [7, 11) is 0. The highest BCUT2D eigenvalue weighted by Crippen LogP contribution is 2.28. The van der Waals surface area contributed by atoms with Crippen molar-refractivity contribution >= 4 is 11.0 Å². The van der Waals surface area contributed by atoms with E-state index in [1.807, 2.05) is 18.2 Å². The first kappa shape index (κ1) is 15.9. The third-order valence-corrected chi connectivity index (χ3v) is 3.45. The molecule has 0 spiro atoms. The Labute approximate surface area is 121 Å². The number of benzene rings is 1. The van der Waals surface area contributed by atoms with Crippen molar-refractivity contribution in [3.8, 4) is 0 Å². The zero-order valence-corrected chi connectivity index (χ0v) is 12.1. The molecule has 0 fully saturated rings. The largest absolute Gasteiger partial charge is 0.459 e. The molecule has 1 aromatic heterocycles. The van der Waals surface area contributed by atoms with Gasteiger partial charge in [0.15, 0.2) is 0 Å². The second-order valence-electron chi connectivity index (χ2n) is 5.32. The van der Waals surface area contributed by atoms with E-state index in [4.69, 9.17) is 10.2 Å². The molecule has 0 radical (unpaired) electrons. The van der Waals surface area contributed by atoms with Gasteiger partial charge in [-0.2, -0.15) is 13.2 Å². The van der Waals surface area contributed by atoms with Gasteiger partial charge in [-0.1, -0.05) is 18.2 Å². The summed E-state index contributed by atoms with van der Waals surface area (Å²) in [6, 6.07) is 7.10. The SMILES string of the molecule is CC(C)N(Cc1oc2ccccc2c1CN)CC(F)(F)F. The van der Waals surface area contributed by atoms with Gasteiger partial charge >= 0.3 is 6.18 Å². The highest BCUT2D eigenvalue weighted by molar-refractivity contribution is 5.82. The van der Waals surface area contributed by atoms with Crippen LogP contribution < -0.4 is 5.73 Å². The summed E-state index contributed by atoms with van der Waals surface area (Å²) in [5.74, 6) is 0.511. The summed E-state index contributed by atoms with van der Waals surface area (Å²) in [5.41, 5.74) is 7.17. The third-order valence-electron chi connectivity index (χ3n) is 3.45. The Morgan fingerprint density at radius 1 is 1.24 bits per heavy atom. The van der Waals surface area contributed by atoms with Crippen LogP contribution in [0, 0.1) is 0 Å². The molecular formula is C15H19F3N2O. The quantitative estimate of drug-likeness (QED) is 0.916. The van der Waals surface area contributed by atoms with Crippen LogP contribution in [0.3, 0.4) is 0 Å². The van der Waals surface area contributed by atoms with Crippen LogP contribution in [-0.4, -0.2) is 23.7 Å². The minimum absolute atomic E-state index is 0.0956. The molecule has 0 aliphatic carbocycles. The van der Waals surface area contributed by atoms with Crippen molar-refractivity contribution in [2.75, 3.05) is 6.54 Å². The molecule has 116 valence electrons. The number of nitrogens with two attached hydrogens (primary N) is 1. The molecule has 0 saturated carbocycles. The number of rotatable bonds is 5. The molecule has 2 N–H and O–H groups in total. The lowest BCUT2D eigenvalue weighted by molar-refractivity contribution is -0.151. The Kier molecular flexibility index (Phi) is 4.58. The topological polar surface area (TPSA) is 42.4 Å². The molecule has 2 aromatic rings. The van der Waals surface area contributed by atoms with Crippen molar-refractivity contribution in [3.05, 3.63) is 35.6 Å². The minimum Gasteiger partial charge on any atom is -0.459 e. The van der Waals surface area contributed by atoms with Gasteiger partial charge in [0.1, 0.15) is 11.3 Å². The number of alkyl halides is 3. The molecule has 0 saturated heterocycles. The lowest BCUT2D eigenvalue weighted by atomic mass is 10.1. The second kappa shape index (κ2) is 6.07. The highest BCUT2D eigenvalue weighted by atomic mass is 19.4. The van der Waals surface area contributed by atoms with Crippen molar-refractivity contribution in [1.29, 1.82) is 0 Å². The lowest BCUT2D eigenvalue weighted by Crippen LogP contribution is -2.38. The Bertz CT molecular complexity index is 604. The number of nitrogens with zero attached hydrogens (tertiary/aromatic N) is 1. The maximum atomic E-state index is 12.7. The summed E-state index contributed by atoms with van der Waals surface area (Å²) >= 11 is 0. The van der Waals surface area contributed by atoms with E-state index in [1.54, 1.807) is 19.9 Å². The molecule has 0 amide bonds. The molecule has 1 heterocycles. The number of hydrogen-bond acceptors (Lipinski definition) is 3. The van der Waals surface area contributed by atoms with Crippen molar-refractivity contribution < 1.29 is 17.6 Å². The van der Waals surface area contributed by atoms with Gasteiger partial charge in [-0.15, -0.1) is 0 Å². The van der Waals surface area contributed by atoms with Gasteiger partial charge in [0, 0.05) is 23.5 Å². The van der Waals surface area contributed by atoms with Crippen LogP contribution in [0.4, 0.5) is 13.2 Å². The number of furan rings is 1. The third kappa shape index (κ3) is 3.77. The smallest absolute Gasteiger partial charge is 0.401 e. The second-order valence-corrected chi connectivity index (χ2v) is 5.32. The maximum absolute atomic E-state index is 12.7. The van der Waals surface area contributed by atoms with Crippen LogP contribution in [0.15, 0.2) is 28.7 Å². The van der Waals surface area contributed by atoms with Crippen LogP contribution in [0.25, 0.3) is 11.0 Å². The summed E-state index contributed by atoms with van der Waals surface area (Å²) in [6.07, 6.45) is -4.24. The van der Waals surface area contributed by atoms with E-state index >= 15 is 0 Å². The predicted octanol–water partition coefficient (Wildman–Crippen LogP) is 3.66. The lowest BCUT2D eigenvalue weighted by Gasteiger charge is -2.26. The Morgan fingerprint density at radius 2 is 1.90 bits per heavy atom. The zero-order valence-electron chi connectivity index (χ0n) is 12.1. The molecule has 21 heavy (non-hydrogen) atoms. The van der Waals surface area contributed by atoms with Crippen LogP contribution in [0.5, 0.6) is 0 Å². The average Bonchev–Trinajstić information content (AvgIpc) is 2.73. The van der Waals surface area contributed by atoms with E-state index in [-0.39, 0.29) is 19.1 Å². The van der Waals surface area contributed by atoms with Crippen LogP contribution in [0.2, 0.25) is 0 Å². The summed E-state index contributed by atoms with van der Waals surface area (Å²) in [5, 5.41) is 0.866. The van der Waals surface area contributed by atoms with Crippen LogP contribution in [-0.2, 0) is 13.1 Å². The maximum Gasteiger partial charge on any atom is 0.401 e. The van der Waals surface area contributed by atoms with E-state index in [0.29, 0.717) is 11.3 Å². The van der Waals surface area contributed by atoms with E-state index in [0.717, 1.165) is 10.9 Å². The Hall–Kier alpha value is -1.53. The first-order valence-corrected chi connectivity index (χ1v) is 6.82. The van der Waals surface area contributed by atoms with Gasteiger partial charge in [0.25, 0.3) is 0 Å². The van der Waals surface area contributed by atoms with E-state index in [2.05, 4.69) is 0 Å². The number of hydrogen-bond donors (Lipinski definition) is 1. The molecule has 6 heteroatoms. The van der Waals surface area contributed by atoms with Gasteiger partial charge in [-0.25, -0.2) is 0 Å². The number of fused-ring (bicyclic) bond motifs is 1. The normalized spacial score (nSPS) is 12.8. The van der Waals surface area contributed by atoms with E-state index in [9.17, 15) is 13.2 Å². The number of para-hydroxylation sites is 1. The van der Waals surface area contributed by atoms with Gasteiger partial charge < -0.3 is 10.2 Å². The first-order valence-electron chi connectivity index (χ1n) is 6.82. The molecule has 3 nitrogen and oxygen atoms in total. The van der Waals surface area contributed by atoms with E-state index in [1.165, 1.54) is 4.90 Å². The molecule has 0 atom stereocenters. The van der Waals surface area contributed by atoms with Crippen molar-refractivity contribution in [3.63, 3.8) is 0 Å². The van der Waals surface area contributed by atoms with Crippen LogP contribution in [0.1, 0.15) is 25.2 Å². The molecular weight excluding hydrogens is 281 g/mol. The van der Waals surface area contributed by atoms with Crippen molar-refractivity contribution in [2.24, 2.45) is 5.73 Å². The fourth-order valence-corrected chi connectivity index (χ4v) is 2.34. The van der Waals surface area contributed by atoms with Gasteiger partial charge in [-0.3, -0.25) is 4.90 Å². The van der Waals surface area contributed by atoms with Gasteiger partial charge in [0.05, 0.1) is 13.1 Å². The Morgan fingerprint density at radius 3 is 2.48 bits per heavy atom. The van der Waals surface area contributed by atoms with Crippen molar-refractivity contribution in [1.82, 2.24) is 4.90 Å². The molecule has 0 bridgehead atoms. The summed E-state index contributed by atoms with van der Waals surface area (Å²) < 4.78 is 43.7. The summed E-state index contributed by atoms with van der Waals surface area (Å²) in [6.45, 7) is 2.83. The molecule has 0 aliphatic rings. The molecule has 1 aromatic carbocycles. The summed E-state index contributed by atoms with van der Waals surface area (Å²) in [4.78, 5) is 1.33. The standard InChI is InChI=1S/C15H19F3N2O/c1-10(2)20(9-15(16,17)18)8-14-12(7-19)11-5-3-4-6-13(11)21-14/h3-6,10H,7-9,19H2,1-2H3. The Balaban J connectivity index is 2.32. The zero-order chi connectivity index (χ0) is 15.6. The predicted molar refractivity (Wildman–Crippen MR) is 75.7 cm³/mol.